The summed E-state index contributed by atoms with van der Waals surface area (Å²) in [6, 6.07) is 6.66. The van der Waals surface area contributed by atoms with E-state index in [2.05, 4.69) is 5.32 Å². The molecule has 2 saturated carbocycles. The minimum absolute atomic E-state index is 0.0267. The monoisotopic (exact) mass is 835 g/mol. The van der Waals surface area contributed by atoms with Crippen molar-refractivity contribution < 1.29 is 67.8 Å². The van der Waals surface area contributed by atoms with Gasteiger partial charge in [-0.15, -0.1) is 0 Å². The van der Waals surface area contributed by atoms with E-state index in [0.29, 0.717) is 17.6 Å². The van der Waals surface area contributed by atoms with Gasteiger partial charge in [-0.25, -0.2) is 9.59 Å². The van der Waals surface area contributed by atoms with Gasteiger partial charge in [-0.05, 0) is 70.2 Å². The number of aliphatic hydroxyl groups excluding tert-OH is 2. The van der Waals surface area contributed by atoms with Crippen LogP contribution >= 0.6 is 0 Å². The number of allylic oxidation sites excluding steroid dienone is 2. The second-order valence-electron chi connectivity index (χ2n) is 17.7. The molecule has 6 rings (SSSR count). The lowest BCUT2D eigenvalue weighted by atomic mass is 9.44. The average molecular weight is 836 g/mol. The number of benzene rings is 1. The normalized spacial score (nSPS) is 33.8. The zero-order valence-electron chi connectivity index (χ0n) is 35.4. The molecule has 15 nitrogen and oxygen atoms in total. The van der Waals surface area contributed by atoms with Crippen molar-refractivity contribution in [3.8, 4) is 0 Å². The largest absolute Gasteiger partial charge is 0.456 e. The van der Waals surface area contributed by atoms with Crippen LogP contribution in [0.15, 0.2) is 64.8 Å². The number of hydrogen-bond acceptors (Lipinski definition) is 14. The second kappa shape index (κ2) is 16.6. The minimum Gasteiger partial charge on any atom is -0.456 e. The SMILES string of the molecule is CCC(=O)O[C@H]1C(=O)[C@@]2(C)C([C@H](OC(=O)c3ccccc3)[C@]3(O)C[C@H](OC(=O)[C@H](O)[C@H](C=C(C)C)NC(=O)C4=CCCC4)C(C)=C1C3(C)C)[C@]1(OC(C)=O)CO[C@@H]1C[C@@H]2O. The van der Waals surface area contributed by atoms with Crippen molar-refractivity contribution in [3.05, 3.63) is 70.3 Å². The lowest BCUT2D eigenvalue weighted by Crippen LogP contribution is -2.82. The molecule has 3 fully saturated rings. The van der Waals surface area contributed by atoms with E-state index < -0.39 is 113 Å². The lowest BCUT2D eigenvalue weighted by Gasteiger charge is -2.67. The predicted molar refractivity (Wildman–Crippen MR) is 213 cm³/mol. The Morgan fingerprint density at radius 2 is 1.72 bits per heavy atom. The Kier molecular flexibility index (Phi) is 12.4. The summed E-state index contributed by atoms with van der Waals surface area (Å²) in [4.78, 5) is 83.3. The number of esters is 4. The van der Waals surface area contributed by atoms with E-state index in [1.54, 1.807) is 58.9 Å². The maximum absolute atomic E-state index is 15.5. The van der Waals surface area contributed by atoms with Crippen LogP contribution in [0.5, 0.6) is 0 Å². The van der Waals surface area contributed by atoms with Gasteiger partial charge in [-0.1, -0.05) is 56.7 Å². The summed E-state index contributed by atoms with van der Waals surface area (Å²) in [6.45, 7) is 12.0. The molecule has 2 bridgehead atoms. The van der Waals surface area contributed by atoms with Gasteiger partial charge in [0.15, 0.2) is 23.6 Å². The zero-order chi connectivity index (χ0) is 44.1. The van der Waals surface area contributed by atoms with Gasteiger partial charge in [-0.2, -0.15) is 0 Å². The van der Waals surface area contributed by atoms with E-state index in [0.717, 1.165) is 19.8 Å². The van der Waals surface area contributed by atoms with Gasteiger partial charge in [0.05, 0.1) is 35.6 Å². The van der Waals surface area contributed by atoms with Crippen LogP contribution in [0.1, 0.15) is 104 Å². The Bertz CT molecular complexity index is 2020. The van der Waals surface area contributed by atoms with E-state index in [4.69, 9.17) is 23.7 Å². The molecule has 0 aromatic heterocycles. The number of Topliss-reactive ketones (excluding diaryl/α,β-unsaturated/α-hetero) is 1. The summed E-state index contributed by atoms with van der Waals surface area (Å²) in [6.07, 6.45) is -5.04. The van der Waals surface area contributed by atoms with Crippen molar-refractivity contribution >= 4 is 35.6 Å². The van der Waals surface area contributed by atoms with Crippen LogP contribution in [0.25, 0.3) is 0 Å². The highest BCUT2D eigenvalue weighted by molar-refractivity contribution is 5.96. The molecule has 1 aromatic carbocycles. The smallest absolute Gasteiger partial charge is 0.338 e. The molecule has 4 aliphatic carbocycles. The van der Waals surface area contributed by atoms with Crippen molar-refractivity contribution in [2.45, 2.75) is 148 Å². The molecular weight excluding hydrogens is 778 g/mol. The number of hydrogen-bond donors (Lipinski definition) is 4. The van der Waals surface area contributed by atoms with Gasteiger partial charge in [0.1, 0.15) is 23.9 Å². The van der Waals surface area contributed by atoms with Gasteiger partial charge in [0, 0.05) is 37.2 Å². The first-order valence-corrected chi connectivity index (χ1v) is 20.6. The molecule has 4 N–H and O–H groups in total. The first-order chi connectivity index (χ1) is 28.1. The molecule has 1 amide bonds. The fourth-order valence-corrected chi connectivity index (χ4v) is 10.1. The quantitative estimate of drug-likeness (QED) is 0.142. The molecule has 1 aromatic rings. The number of ketones is 1. The molecule has 5 aliphatic rings. The third kappa shape index (κ3) is 7.51. The lowest BCUT2D eigenvalue weighted by molar-refractivity contribution is -0.346. The number of carbonyl (C=O) groups is 6. The predicted octanol–water partition coefficient (Wildman–Crippen LogP) is 3.52. The molecule has 11 atom stereocenters. The van der Waals surface area contributed by atoms with Crippen LogP contribution in [0.2, 0.25) is 0 Å². The molecule has 60 heavy (non-hydrogen) atoms. The topological polar surface area (TPSA) is 221 Å². The van der Waals surface area contributed by atoms with Crippen molar-refractivity contribution in [2.24, 2.45) is 16.7 Å². The van der Waals surface area contributed by atoms with Gasteiger partial charge in [0.25, 0.3) is 0 Å². The molecule has 0 spiro atoms. The molecule has 15 heteroatoms. The number of fused-ring (bicyclic) bond motifs is 5. The second-order valence-corrected chi connectivity index (χ2v) is 17.7. The molecule has 1 aliphatic heterocycles. The van der Waals surface area contributed by atoms with Crippen LogP contribution < -0.4 is 5.32 Å². The van der Waals surface area contributed by atoms with Crippen molar-refractivity contribution in [3.63, 3.8) is 0 Å². The zero-order valence-corrected chi connectivity index (χ0v) is 35.4. The fraction of sp³-hybridized carbons (Fsp3) is 0.600. The molecule has 1 saturated heterocycles. The molecule has 1 heterocycles. The van der Waals surface area contributed by atoms with E-state index >= 15 is 4.79 Å². The summed E-state index contributed by atoms with van der Waals surface area (Å²) >= 11 is 0. The van der Waals surface area contributed by atoms with Crippen LogP contribution in [-0.4, -0.2) is 111 Å². The summed E-state index contributed by atoms with van der Waals surface area (Å²) in [5.74, 6) is -6.48. The van der Waals surface area contributed by atoms with Crippen molar-refractivity contribution in [2.75, 3.05) is 6.61 Å². The standard InChI is InChI=1S/C45H57NO14/c1-9-32(49)58-35-33-24(4)29(57-41(54)34(50)28(19-23(2)3)46-39(52)26-15-13-14-16-26)21-45(55,42(33,6)7)38(59-40(53)27-17-11-10-12-18-27)36-43(8,37(35)51)30(48)20-31-44(36,22-56-31)60-25(5)47/h10-12,15,17-19,28-31,34-36,38,48,50,55H,9,13-14,16,20-22H2,1-8H3,(H,46,52)/t28-,29-,30-,31+,34+,35+,36?,38-,43+,44-,45+/m0/s1. The summed E-state index contributed by atoms with van der Waals surface area (Å²) < 4.78 is 30.4. The summed E-state index contributed by atoms with van der Waals surface area (Å²) in [7, 11) is 0. The highest BCUT2D eigenvalue weighted by atomic mass is 16.6. The third-order valence-electron chi connectivity index (χ3n) is 13.4. The number of aliphatic hydroxyl groups is 3. The van der Waals surface area contributed by atoms with Crippen LogP contribution in [0, 0.1) is 16.7 Å². The maximum atomic E-state index is 15.5. The van der Waals surface area contributed by atoms with Crippen molar-refractivity contribution in [1.82, 2.24) is 5.32 Å². The van der Waals surface area contributed by atoms with Gasteiger partial charge in [-0.3, -0.25) is 19.2 Å². The third-order valence-corrected chi connectivity index (χ3v) is 13.4. The Morgan fingerprint density at radius 3 is 2.28 bits per heavy atom. The van der Waals surface area contributed by atoms with E-state index in [9.17, 15) is 39.3 Å². The highest BCUT2D eigenvalue weighted by Crippen LogP contribution is 2.64. The molecular formula is C45H57NO14. The molecule has 326 valence electrons. The Hall–Kier alpha value is -4.70. The first-order valence-electron chi connectivity index (χ1n) is 20.6. The van der Waals surface area contributed by atoms with E-state index in [1.807, 2.05) is 0 Å². The van der Waals surface area contributed by atoms with E-state index in [-0.39, 0.29) is 36.2 Å². The fourth-order valence-electron chi connectivity index (χ4n) is 10.1. The number of amides is 1. The Morgan fingerprint density at radius 1 is 1.03 bits per heavy atom. The maximum Gasteiger partial charge on any atom is 0.338 e. The minimum atomic E-state index is -2.36. The van der Waals surface area contributed by atoms with Crippen LogP contribution in [-0.2, 0) is 47.7 Å². The van der Waals surface area contributed by atoms with Crippen molar-refractivity contribution in [1.29, 1.82) is 0 Å². The Labute approximate surface area is 349 Å². The number of carbonyl (C=O) groups excluding carboxylic acids is 6. The number of nitrogens with one attached hydrogen (secondary N) is 1. The van der Waals surface area contributed by atoms with E-state index in [1.165, 1.54) is 32.1 Å². The van der Waals surface area contributed by atoms with Gasteiger partial charge >= 0.3 is 23.9 Å². The van der Waals surface area contributed by atoms with Gasteiger partial charge in [0.2, 0.25) is 5.91 Å². The average Bonchev–Trinajstić information content (AvgIpc) is 3.74. The number of ether oxygens (including phenoxy) is 5. The molecule has 0 radical (unpaired) electrons. The number of rotatable bonds is 11. The summed E-state index contributed by atoms with van der Waals surface area (Å²) in [5.41, 5.74) is -6.27. The molecule has 1 unspecified atom stereocenters. The Balaban J connectivity index is 1.54. The van der Waals surface area contributed by atoms with Crippen LogP contribution in [0.4, 0.5) is 0 Å². The van der Waals surface area contributed by atoms with Crippen LogP contribution in [0.3, 0.4) is 0 Å². The highest BCUT2D eigenvalue weighted by Gasteiger charge is 2.78. The summed E-state index contributed by atoms with van der Waals surface area (Å²) in [5, 5.41) is 40.0. The van der Waals surface area contributed by atoms with Gasteiger partial charge < -0.3 is 44.3 Å². The first kappa shape index (κ1) is 44.8.